The van der Waals surface area contributed by atoms with Crippen LogP contribution in [0.1, 0.15) is 34.3 Å². The first kappa shape index (κ1) is 18.4. The Morgan fingerprint density at radius 3 is 2.31 bits per heavy atom. The van der Waals surface area contributed by atoms with Crippen LogP contribution >= 0.6 is 0 Å². The predicted octanol–water partition coefficient (Wildman–Crippen LogP) is 1.61. The average Bonchev–Trinajstić information content (AvgIpc) is 2.66. The number of hydrogen-bond donors (Lipinski definition) is 1. The molecule has 138 valence electrons. The molecule has 0 aliphatic carbocycles. The van der Waals surface area contributed by atoms with Crippen molar-refractivity contribution in [2.24, 2.45) is 5.73 Å². The second-order valence-electron chi connectivity index (χ2n) is 6.81. The lowest BCUT2D eigenvalue weighted by molar-refractivity contribution is 0.0599. The van der Waals surface area contributed by atoms with Gasteiger partial charge in [0.2, 0.25) is 0 Å². The van der Waals surface area contributed by atoms with Crippen molar-refractivity contribution in [2.45, 2.75) is 32.0 Å². The largest absolute Gasteiger partial charge is 0.465 e. The monoisotopic (exact) mass is 355 g/mol. The van der Waals surface area contributed by atoms with E-state index >= 15 is 0 Å². The second kappa shape index (κ2) is 8.29. The van der Waals surface area contributed by atoms with Gasteiger partial charge in [0.15, 0.2) is 0 Å². The fraction of sp³-hybridized carbons (Fsp3) is 0.400. The van der Waals surface area contributed by atoms with Crippen LogP contribution in [0.3, 0.4) is 0 Å². The van der Waals surface area contributed by atoms with E-state index in [0.29, 0.717) is 18.2 Å². The molecule has 1 aromatic heterocycles. The first-order valence-corrected chi connectivity index (χ1v) is 8.90. The third-order valence-electron chi connectivity index (χ3n) is 4.82. The van der Waals surface area contributed by atoms with Crippen molar-refractivity contribution in [2.75, 3.05) is 20.2 Å². The lowest BCUT2D eigenvalue weighted by Gasteiger charge is -2.30. The number of aromatic nitrogens is 1. The highest BCUT2D eigenvalue weighted by atomic mass is 16.5. The Morgan fingerprint density at radius 1 is 1.08 bits per heavy atom. The molecule has 1 fully saturated rings. The molecule has 1 aliphatic rings. The topological polar surface area (TPSA) is 77.6 Å². The number of carbonyl (C=O) groups excluding carboxylic acids is 1. The van der Waals surface area contributed by atoms with Crippen molar-refractivity contribution in [3.05, 3.63) is 69.6 Å². The molecular formula is C20H25N3O3. The third-order valence-corrected chi connectivity index (χ3v) is 4.82. The molecule has 0 amide bonds. The zero-order chi connectivity index (χ0) is 18.5. The van der Waals surface area contributed by atoms with Crippen molar-refractivity contribution in [1.29, 1.82) is 0 Å². The highest BCUT2D eigenvalue weighted by Crippen LogP contribution is 2.14. The van der Waals surface area contributed by atoms with Crippen molar-refractivity contribution in [3.63, 3.8) is 0 Å². The molecule has 3 rings (SSSR count). The molecular weight excluding hydrogens is 330 g/mol. The minimum Gasteiger partial charge on any atom is -0.465 e. The van der Waals surface area contributed by atoms with Crippen LogP contribution in [0.25, 0.3) is 0 Å². The number of nitrogens with two attached hydrogens (primary N) is 1. The molecule has 2 heterocycles. The van der Waals surface area contributed by atoms with Gasteiger partial charge in [-0.3, -0.25) is 9.69 Å². The minimum absolute atomic E-state index is 0.147. The third kappa shape index (κ3) is 4.59. The van der Waals surface area contributed by atoms with E-state index in [4.69, 9.17) is 10.5 Å². The van der Waals surface area contributed by atoms with E-state index < -0.39 is 5.97 Å². The zero-order valence-corrected chi connectivity index (χ0v) is 15.1. The van der Waals surface area contributed by atoms with E-state index in [1.807, 2.05) is 12.1 Å². The van der Waals surface area contributed by atoms with Gasteiger partial charge in [-0.1, -0.05) is 24.3 Å². The maximum atomic E-state index is 12.0. The number of esters is 1. The van der Waals surface area contributed by atoms with Crippen LogP contribution in [0, 0.1) is 0 Å². The van der Waals surface area contributed by atoms with Gasteiger partial charge in [0.05, 0.1) is 19.2 Å². The Hall–Kier alpha value is -2.44. The van der Waals surface area contributed by atoms with Gasteiger partial charge in [-0.2, -0.15) is 0 Å². The number of pyridine rings is 1. The average molecular weight is 355 g/mol. The van der Waals surface area contributed by atoms with Gasteiger partial charge in [0, 0.05) is 24.8 Å². The van der Waals surface area contributed by atoms with E-state index in [1.54, 1.807) is 6.20 Å². The second-order valence-corrected chi connectivity index (χ2v) is 6.81. The number of methoxy groups -OCH3 is 1. The van der Waals surface area contributed by atoms with Crippen molar-refractivity contribution < 1.29 is 9.53 Å². The smallest absolute Gasteiger partial charge is 0.339 e. The van der Waals surface area contributed by atoms with E-state index in [1.165, 1.54) is 29.4 Å². The first-order chi connectivity index (χ1) is 12.5. The summed E-state index contributed by atoms with van der Waals surface area (Å²) in [6, 6.07) is 11.5. The van der Waals surface area contributed by atoms with Crippen LogP contribution in [0.4, 0.5) is 0 Å². The summed E-state index contributed by atoms with van der Waals surface area (Å²) in [6.45, 7) is 3.42. The summed E-state index contributed by atoms with van der Waals surface area (Å²) in [7, 11) is 1.33. The molecule has 2 aromatic rings. The Labute approximate surface area is 153 Å². The Balaban J connectivity index is 1.66. The lowest BCUT2D eigenvalue weighted by Crippen LogP contribution is -2.39. The van der Waals surface area contributed by atoms with E-state index in [0.717, 1.165) is 38.0 Å². The van der Waals surface area contributed by atoms with E-state index in [2.05, 4.69) is 17.0 Å². The van der Waals surface area contributed by atoms with Gasteiger partial charge < -0.3 is 15.0 Å². The number of hydrogen-bond acceptors (Lipinski definition) is 5. The summed E-state index contributed by atoms with van der Waals surface area (Å²) < 4.78 is 6.23. The number of carbonyl (C=O) groups is 1. The van der Waals surface area contributed by atoms with Gasteiger partial charge in [0.25, 0.3) is 5.56 Å². The quantitative estimate of drug-likeness (QED) is 0.825. The number of nitrogens with zero attached hydrogens (tertiary/aromatic N) is 2. The Bertz CT molecular complexity index is 806. The molecule has 1 saturated heterocycles. The normalized spacial score (nSPS) is 15.8. The van der Waals surface area contributed by atoms with E-state index in [9.17, 15) is 9.59 Å². The molecule has 2 N–H and O–H groups in total. The summed E-state index contributed by atoms with van der Waals surface area (Å²) in [5, 5.41) is 0. The van der Waals surface area contributed by atoms with Crippen LogP contribution in [-0.4, -0.2) is 41.7 Å². The molecule has 1 aromatic carbocycles. The molecule has 26 heavy (non-hydrogen) atoms. The summed E-state index contributed by atoms with van der Waals surface area (Å²) in [4.78, 5) is 26.1. The van der Waals surface area contributed by atoms with E-state index in [-0.39, 0.29) is 5.56 Å². The molecule has 0 radical (unpaired) electrons. The number of benzene rings is 1. The van der Waals surface area contributed by atoms with Gasteiger partial charge >= 0.3 is 5.97 Å². The summed E-state index contributed by atoms with van der Waals surface area (Å²) in [6.07, 6.45) is 3.65. The number of piperidine rings is 1. The molecule has 1 aliphatic heterocycles. The SMILES string of the molecule is COC(=O)c1ccc(=O)n(Cc2ccc(CN3CCC(N)CC3)cc2)c1. The fourth-order valence-electron chi connectivity index (χ4n) is 3.21. The Morgan fingerprint density at radius 2 is 1.69 bits per heavy atom. The molecule has 6 nitrogen and oxygen atoms in total. The molecule has 0 saturated carbocycles. The van der Waals surface area contributed by atoms with Crippen molar-refractivity contribution in [1.82, 2.24) is 9.47 Å². The van der Waals surface area contributed by atoms with Crippen molar-refractivity contribution in [3.8, 4) is 0 Å². The molecule has 6 heteroatoms. The van der Waals surface area contributed by atoms with Crippen LogP contribution in [0.5, 0.6) is 0 Å². The Kier molecular flexibility index (Phi) is 5.85. The van der Waals surface area contributed by atoms with Gasteiger partial charge in [-0.15, -0.1) is 0 Å². The van der Waals surface area contributed by atoms with Gasteiger partial charge in [-0.05, 0) is 43.1 Å². The zero-order valence-electron chi connectivity index (χ0n) is 15.1. The maximum Gasteiger partial charge on any atom is 0.339 e. The predicted molar refractivity (Wildman–Crippen MR) is 100 cm³/mol. The number of ether oxygens (including phenoxy) is 1. The highest BCUT2D eigenvalue weighted by molar-refractivity contribution is 5.88. The van der Waals surface area contributed by atoms with Crippen LogP contribution in [0.2, 0.25) is 0 Å². The summed E-state index contributed by atoms with van der Waals surface area (Å²) in [5.74, 6) is -0.449. The van der Waals surface area contributed by atoms with Crippen LogP contribution in [-0.2, 0) is 17.8 Å². The maximum absolute atomic E-state index is 12.0. The fourth-order valence-corrected chi connectivity index (χ4v) is 3.21. The molecule has 0 spiro atoms. The minimum atomic E-state index is -0.449. The lowest BCUT2D eigenvalue weighted by atomic mass is 10.0. The van der Waals surface area contributed by atoms with Crippen LogP contribution < -0.4 is 11.3 Å². The first-order valence-electron chi connectivity index (χ1n) is 8.90. The van der Waals surface area contributed by atoms with Crippen LogP contribution in [0.15, 0.2) is 47.4 Å². The molecule has 0 unspecified atom stereocenters. The van der Waals surface area contributed by atoms with Gasteiger partial charge in [-0.25, -0.2) is 4.79 Å². The number of rotatable bonds is 5. The molecule has 0 bridgehead atoms. The summed E-state index contributed by atoms with van der Waals surface area (Å²) >= 11 is 0. The number of likely N-dealkylation sites (tertiary alicyclic amines) is 1. The summed E-state index contributed by atoms with van der Waals surface area (Å²) in [5.41, 5.74) is 8.43. The standard InChI is InChI=1S/C20H25N3O3/c1-26-20(25)17-6-7-19(24)23(14-17)13-16-4-2-15(3-5-16)12-22-10-8-18(21)9-11-22/h2-7,14,18H,8-13,21H2,1H3. The highest BCUT2D eigenvalue weighted by Gasteiger charge is 2.15. The van der Waals surface area contributed by atoms with Crippen molar-refractivity contribution >= 4 is 5.97 Å². The van der Waals surface area contributed by atoms with Gasteiger partial charge in [0.1, 0.15) is 0 Å². The molecule has 0 atom stereocenters.